The lowest BCUT2D eigenvalue weighted by atomic mass is 10.1. The summed E-state index contributed by atoms with van der Waals surface area (Å²) in [5.41, 5.74) is 5.29. The zero-order valence-corrected chi connectivity index (χ0v) is 24.1. The van der Waals surface area contributed by atoms with Crippen molar-refractivity contribution in [3.8, 4) is 5.75 Å². The monoisotopic (exact) mass is 620 g/mol. The first-order valence-corrected chi connectivity index (χ1v) is 14.1. The van der Waals surface area contributed by atoms with Gasteiger partial charge in [-0.25, -0.2) is 0 Å². The minimum atomic E-state index is -4.80. The number of amides is 2. The number of nitrogens with zero attached hydrogens (tertiary/aromatic N) is 3. The summed E-state index contributed by atoms with van der Waals surface area (Å²) >= 11 is 7.32. The Morgan fingerprint density at radius 2 is 1.67 bits per heavy atom. The Kier molecular flexibility index (Phi) is 10.4. The summed E-state index contributed by atoms with van der Waals surface area (Å²) in [5, 5.41) is 17.4. The van der Waals surface area contributed by atoms with Gasteiger partial charge in [0, 0.05) is 24.2 Å². The van der Waals surface area contributed by atoms with Crippen LogP contribution < -0.4 is 20.8 Å². The summed E-state index contributed by atoms with van der Waals surface area (Å²) in [6.07, 6.45) is 2.14. The molecule has 2 amide bonds. The Morgan fingerprint density at radius 3 is 2.38 bits per heavy atom. The average molecular weight is 621 g/mol. The number of alkyl halides is 3. The number of aryl methyl sites for hydroxylation is 1. The van der Waals surface area contributed by atoms with Crippen LogP contribution in [0.4, 0.5) is 18.3 Å². The summed E-state index contributed by atoms with van der Waals surface area (Å²) in [4.78, 5) is 24.7. The predicted octanol–water partition coefficient (Wildman–Crippen LogP) is 5.52. The van der Waals surface area contributed by atoms with Gasteiger partial charge in [0.15, 0.2) is 0 Å². The Labute approximate surface area is 249 Å². The molecule has 0 aliphatic carbocycles. The van der Waals surface area contributed by atoms with Gasteiger partial charge < -0.3 is 15.4 Å². The molecule has 2 heterocycles. The second-order valence-corrected chi connectivity index (χ2v) is 10.9. The molecule has 222 valence electrons. The third kappa shape index (κ3) is 10.1. The SMILES string of the molecule is CN1NC(NC(=O)Cc2cccc(OC(F)(F)F)c2)=CC=C1CCCCc1nnc(NC(=O)Cc2cccc(Cl)c2)s1. The Bertz CT molecular complexity index is 1480. The van der Waals surface area contributed by atoms with E-state index in [1.165, 1.54) is 29.5 Å². The van der Waals surface area contributed by atoms with Crippen LogP contribution in [-0.4, -0.2) is 40.4 Å². The number of anilines is 1. The lowest BCUT2D eigenvalue weighted by molar-refractivity contribution is -0.274. The second kappa shape index (κ2) is 14.2. The first-order chi connectivity index (χ1) is 20.0. The van der Waals surface area contributed by atoms with Crippen molar-refractivity contribution < 1.29 is 27.5 Å². The summed E-state index contributed by atoms with van der Waals surface area (Å²) in [6.45, 7) is 0. The molecule has 2 aromatic carbocycles. The molecule has 1 aromatic heterocycles. The fourth-order valence-electron chi connectivity index (χ4n) is 4.12. The van der Waals surface area contributed by atoms with Gasteiger partial charge in [0.25, 0.3) is 0 Å². The van der Waals surface area contributed by atoms with E-state index < -0.39 is 6.36 Å². The van der Waals surface area contributed by atoms with Crippen molar-refractivity contribution in [3.63, 3.8) is 0 Å². The molecule has 42 heavy (non-hydrogen) atoms. The third-order valence-electron chi connectivity index (χ3n) is 5.97. The molecule has 0 unspecified atom stereocenters. The number of aromatic nitrogens is 2. The zero-order chi connectivity index (χ0) is 30.1. The molecule has 1 aliphatic rings. The van der Waals surface area contributed by atoms with Gasteiger partial charge in [-0.15, -0.1) is 23.4 Å². The van der Waals surface area contributed by atoms with Crippen LogP contribution in [0.15, 0.2) is 72.2 Å². The molecule has 0 radical (unpaired) electrons. The smallest absolute Gasteiger partial charge is 0.406 e. The van der Waals surface area contributed by atoms with Gasteiger partial charge in [0.05, 0.1) is 12.8 Å². The van der Waals surface area contributed by atoms with Crippen LogP contribution >= 0.6 is 22.9 Å². The summed E-state index contributed by atoms with van der Waals surface area (Å²) in [5.74, 6) is -0.501. The molecule has 14 heteroatoms. The van der Waals surface area contributed by atoms with Crippen molar-refractivity contribution in [2.24, 2.45) is 0 Å². The normalized spacial score (nSPS) is 13.1. The molecule has 0 bridgehead atoms. The number of hydrogen-bond donors (Lipinski definition) is 3. The Morgan fingerprint density at radius 1 is 0.976 bits per heavy atom. The van der Waals surface area contributed by atoms with Crippen molar-refractivity contribution in [1.82, 2.24) is 25.9 Å². The van der Waals surface area contributed by atoms with Crippen LogP contribution in [0.2, 0.25) is 5.02 Å². The minimum Gasteiger partial charge on any atom is -0.406 e. The van der Waals surface area contributed by atoms with Crippen LogP contribution in [-0.2, 0) is 28.9 Å². The number of ether oxygens (including phenoxy) is 1. The molecule has 3 N–H and O–H groups in total. The third-order valence-corrected chi connectivity index (χ3v) is 7.11. The van der Waals surface area contributed by atoms with E-state index in [0.29, 0.717) is 21.5 Å². The van der Waals surface area contributed by atoms with Crippen LogP contribution in [0.1, 0.15) is 35.4 Å². The van der Waals surface area contributed by atoms with Gasteiger partial charge in [0.2, 0.25) is 16.9 Å². The Balaban J connectivity index is 1.18. The number of carbonyl (C=O) groups is 2. The van der Waals surface area contributed by atoms with E-state index in [-0.39, 0.29) is 30.4 Å². The summed E-state index contributed by atoms with van der Waals surface area (Å²) in [6, 6.07) is 12.4. The maximum atomic E-state index is 12.4. The molecule has 0 spiro atoms. The molecule has 0 fully saturated rings. The highest BCUT2D eigenvalue weighted by Gasteiger charge is 2.31. The molecule has 4 rings (SSSR count). The highest BCUT2D eigenvalue weighted by atomic mass is 35.5. The van der Waals surface area contributed by atoms with E-state index in [2.05, 4.69) is 31.0 Å². The van der Waals surface area contributed by atoms with Gasteiger partial charge in [-0.3, -0.25) is 20.0 Å². The maximum Gasteiger partial charge on any atom is 0.573 e. The first kappa shape index (κ1) is 30.8. The minimum absolute atomic E-state index is 0.118. The zero-order valence-electron chi connectivity index (χ0n) is 22.5. The largest absolute Gasteiger partial charge is 0.573 e. The second-order valence-electron chi connectivity index (χ2n) is 9.39. The molecular formula is C28H28ClF3N6O3S. The highest BCUT2D eigenvalue weighted by Crippen LogP contribution is 2.24. The summed E-state index contributed by atoms with van der Waals surface area (Å²) in [7, 11) is 1.83. The molecular weight excluding hydrogens is 593 g/mol. The van der Waals surface area contributed by atoms with E-state index in [1.807, 2.05) is 19.2 Å². The molecule has 0 saturated heterocycles. The topological polar surface area (TPSA) is 108 Å². The van der Waals surface area contributed by atoms with Crippen molar-refractivity contribution in [1.29, 1.82) is 0 Å². The number of rotatable bonds is 12. The summed E-state index contributed by atoms with van der Waals surface area (Å²) < 4.78 is 41.2. The molecule has 9 nitrogen and oxygen atoms in total. The van der Waals surface area contributed by atoms with Gasteiger partial charge in [-0.1, -0.05) is 47.2 Å². The number of benzene rings is 2. The number of carbonyl (C=O) groups excluding carboxylic acids is 2. The number of halogens is 4. The van der Waals surface area contributed by atoms with Crippen LogP contribution in [0.25, 0.3) is 0 Å². The van der Waals surface area contributed by atoms with Crippen LogP contribution in [0.5, 0.6) is 5.75 Å². The van der Waals surface area contributed by atoms with Gasteiger partial charge in [0.1, 0.15) is 16.6 Å². The van der Waals surface area contributed by atoms with Crippen molar-refractivity contribution >= 4 is 39.9 Å². The number of allylic oxidation sites excluding steroid dienone is 3. The number of hydrogen-bond acceptors (Lipinski definition) is 8. The lowest BCUT2D eigenvalue weighted by Gasteiger charge is -2.29. The fourth-order valence-corrected chi connectivity index (χ4v) is 5.13. The van der Waals surface area contributed by atoms with Gasteiger partial charge in [-0.05, 0) is 66.8 Å². The quantitative estimate of drug-likeness (QED) is 0.229. The maximum absolute atomic E-state index is 12.4. The Hall–Kier alpha value is -4.10. The van der Waals surface area contributed by atoms with E-state index in [9.17, 15) is 22.8 Å². The standard InChI is InChI=1S/C28H28ClF3N6O3S/c1-38-21(12-13-23(37-38)33-24(39)17-19-7-5-10-22(15-19)41-28(30,31)32)9-2-3-11-26-35-36-27(42-26)34-25(40)16-18-6-4-8-20(29)14-18/h4-8,10,12-15,37H,2-3,9,11,16-17H2,1H3,(H,33,39)(H,34,36,40). The number of nitrogens with one attached hydrogen (secondary N) is 3. The lowest BCUT2D eigenvalue weighted by Crippen LogP contribution is -2.42. The van der Waals surface area contributed by atoms with Crippen LogP contribution in [0.3, 0.4) is 0 Å². The van der Waals surface area contributed by atoms with E-state index in [4.69, 9.17) is 11.6 Å². The predicted molar refractivity (Wildman–Crippen MR) is 153 cm³/mol. The van der Waals surface area contributed by atoms with E-state index in [1.54, 1.807) is 35.4 Å². The molecule has 0 atom stereocenters. The van der Waals surface area contributed by atoms with Gasteiger partial charge >= 0.3 is 6.36 Å². The van der Waals surface area contributed by atoms with Gasteiger partial charge in [-0.2, -0.15) is 0 Å². The van der Waals surface area contributed by atoms with Crippen molar-refractivity contribution in [3.05, 3.63) is 93.4 Å². The number of hydrazine groups is 1. The highest BCUT2D eigenvalue weighted by molar-refractivity contribution is 7.15. The van der Waals surface area contributed by atoms with Crippen LogP contribution in [0, 0.1) is 0 Å². The number of unbranched alkanes of at least 4 members (excludes halogenated alkanes) is 1. The van der Waals surface area contributed by atoms with E-state index in [0.717, 1.165) is 42.0 Å². The average Bonchev–Trinajstić information content (AvgIpc) is 3.33. The van der Waals surface area contributed by atoms with E-state index >= 15 is 0 Å². The molecule has 0 saturated carbocycles. The molecule has 3 aromatic rings. The molecule has 1 aliphatic heterocycles. The van der Waals surface area contributed by atoms with Crippen molar-refractivity contribution in [2.45, 2.75) is 44.9 Å². The first-order valence-electron chi connectivity index (χ1n) is 12.9. The van der Waals surface area contributed by atoms with Crippen molar-refractivity contribution in [2.75, 3.05) is 12.4 Å². The fraction of sp³-hybridized carbons (Fsp3) is 0.286.